The van der Waals surface area contributed by atoms with Crippen LogP contribution in [0.5, 0.6) is 0 Å². The van der Waals surface area contributed by atoms with Crippen molar-refractivity contribution < 1.29 is 9.18 Å². The first-order valence-corrected chi connectivity index (χ1v) is 10.9. The van der Waals surface area contributed by atoms with Crippen LogP contribution in [0.3, 0.4) is 0 Å². The number of halogens is 1. The summed E-state index contributed by atoms with van der Waals surface area (Å²) in [6.07, 6.45) is 3.41. The number of pyridine rings is 1. The summed E-state index contributed by atoms with van der Waals surface area (Å²) in [6, 6.07) is 23.6. The maximum Gasteiger partial charge on any atom is 0.251 e. The van der Waals surface area contributed by atoms with Crippen LogP contribution in [-0.4, -0.2) is 16.6 Å². The maximum absolute atomic E-state index is 14.7. The Hall–Kier alpha value is -3.77. The van der Waals surface area contributed by atoms with Gasteiger partial charge in [-0.2, -0.15) is 0 Å². The zero-order valence-electron chi connectivity index (χ0n) is 17.0. The lowest BCUT2D eigenvalue weighted by Gasteiger charge is -2.09. The van der Waals surface area contributed by atoms with Gasteiger partial charge in [-0.3, -0.25) is 9.78 Å². The Bertz CT molecular complexity index is 1340. The largest absolute Gasteiger partial charge is 0.348 e. The van der Waals surface area contributed by atoms with Crippen LogP contribution in [0.15, 0.2) is 106 Å². The van der Waals surface area contributed by atoms with E-state index in [0.717, 1.165) is 20.9 Å². The highest BCUT2D eigenvalue weighted by molar-refractivity contribution is 7.99. The average molecular weight is 440 g/mol. The third-order valence-corrected chi connectivity index (χ3v) is 6.26. The highest BCUT2D eigenvalue weighted by Gasteiger charge is 2.21. The molecule has 1 amide bonds. The Morgan fingerprint density at radius 2 is 1.72 bits per heavy atom. The molecule has 0 aliphatic carbocycles. The van der Waals surface area contributed by atoms with Crippen molar-refractivity contribution in [2.24, 2.45) is 4.99 Å². The number of carbonyl (C=O) groups is 1. The molecule has 0 atom stereocenters. The van der Waals surface area contributed by atoms with E-state index < -0.39 is 0 Å². The molecule has 32 heavy (non-hydrogen) atoms. The van der Waals surface area contributed by atoms with Gasteiger partial charge in [-0.15, -0.1) is 0 Å². The Balaban J connectivity index is 1.53. The standard InChI is InChI=1S/C26H18FN3OS/c27-21-9-3-1-7-19(21)25-20-8-2-4-10-23(20)32-24-12-11-18(14-22(24)30-25)26(31)29-16-17-6-5-13-28-15-17/h1-15H,16H2,(H,29,31). The summed E-state index contributed by atoms with van der Waals surface area (Å²) in [6.45, 7) is 0.383. The SMILES string of the molecule is O=C(NCc1cccnc1)c1ccc2c(c1)N=C(c1ccccc1F)c1ccccc1S2. The number of nitrogens with one attached hydrogen (secondary N) is 1. The van der Waals surface area contributed by atoms with E-state index in [9.17, 15) is 9.18 Å². The van der Waals surface area contributed by atoms with Crippen LogP contribution in [0.25, 0.3) is 0 Å². The first-order valence-electron chi connectivity index (χ1n) is 10.1. The molecule has 1 aromatic heterocycles. The number of aliphatic imine (C=N–C) groups is 1. The van der Waals surface area contributed by atoms with Crippen molar-refractivity contribution >= 4 is 29.1 Å². The van der Waals surface area contributed by atoms with E-state index in [4.69, 9.17) is 4.99 Å². The summed E-state index contributed by atoms with van der Waals surface area (Å²) < 4.78 is 14.7. The molecule has 1 aliphatic rings. The van der Waals surface area contributed by atoms with E-state index in [-0.39, 0.29) is 11.7 Å². The van der Waals surface area contributed by atoms with Crippen LogP contribution in [0.1, 0.15) is 27.0 Å². The smallest absolute Gasteiger partial charge is 0.251 e. The first-order chi connectivity index (χ1) is 15.7. The fourth-order valence-corrected chi connectivity index (χ4v) is 4.53. The highest BCUT2D eigenvalue weighted by atomic mass is 32.2. The van der Waals surface area contributed by atoms with Crippen LogP contribution in [0, 0.1) is 5.82 Å². The summed E-state index contributed by atoms with van der Waals surface area (Å²) in [7, 11) is 0. The Kier molecular flexibility index (Phi) is 5.52. The molecule has 6 heteroatoms. The minimum atomic E-state index is -0.333. The van der Waals surface area contributed by atoms with Gasteiger partial charge in [0.25, 0.3) is 5.91 Å². The number of nitrogens with zero attached hydrogens (tertiary/aromatic N) is 2. The molecule has 156 valence electrons. The molecule has 0 unspecified atom stereocenters. The number of fused-ring (bicyclic) bond motifs is 2. The number of hydrogen-bond donors (Lipinski definition) is 1. The fourth-order valence-electron chi connectivity index (χ4n) is 3.53. The molecule has 1 aliphatic heterocycles. The molecule has 2 heterocycles. The van der Waals surface area contributed by atoms with Crippen molar-refractivity contribution in [2.75, 3.05) is 0 Å². The minimum absolute atomic E-state index is 0.203. The van der Waals surface area contributed by atoms with Crippen LogP contribution < -0.4 is 5.32 Å². The number of carbonyl (C=O) groups excluding carboxylic acids is 1. The molecule has 0 fully saturated rings. The van der Waals surface area contributed by atoms with E-state index in [1.807, 2.05) is 42.5 Å². The second-order valence-corrected chi connectivity index (χ2v) is 8.35. The van der Waals surface area contributed by atoms with Gasteiger partial charge < -0.3 is 5.32 Å². The average Bonchev–Trinajstić information content (AvgIpc) is 3.00. The minimum Gasteiger partial charge on any atom is -0.348 e. The van der Waals surface area contributed by atoms with Gasteiger partial charge in [-0.25, -0.2) is 9.38 Å². The zero-order valence-corrected chi connectivity index (χ0v) is 17.8. The number of rotatable bonds is 4. The number of hydrogen-bond acceptors (Lipinski definition) is 4. The van der Waals surface area contributed by atoms with Gasteiger partial charge in [0.15, 0.2) is 0 Å². The van der Waals surface area contributed by atoms with Gasteiger partial charge >= 0.3 is 0 Å². The molecule has 1 N–H and O–H groups in total. The molecule has 5 rings (SSSR count). The summed E-state index contributed by atoms with van der Waals surface area (Å²) in [4.78, 5) is 23.6. The lowest BCUT2D eigenvalue weighted by atomic mass is 10.0. The zero-order chi connectivity index (χ0) is 21.9. The Morgan fingerprint density at radius 3 is 2.53 bits per heavy atom. The van der Waals surface area contributed by atoms with Crippen molar-refractivity contribution in [2.45, 2.75) is 16.3 Å². The van der Waals surface area contributed by atoms with Gasteiger partial charge in [0.2, 0.25) is 0 Å². The number of benzene rings is 3. The molecule has 0 radical (unpaired) electrons. The van der Waals surface area contributed by atoms with Gasteiger partial charge in [-0.1, -0.05) is 48.2 Å². The van der Waals surface area contributed by atoms with Crippen molar-refractivity contribution in [3.63, 3.8) is 0 Å². The number of amides is 1. The van der Waals surface area contributed by atoms with Crippen molar-refractivity contribution in [3.8, 4) is 0 Å². The molecule has 4 aromatic rings. The molecule has 4 nitrogen and oxygen atoms in total. The predicted molar refractivity (Wildman–Crippen MR) is 124 cm³/mol. The van der Waals surface area contributed by atoms with Crippen LogP contribution in [-0.2, 0) is 6.54 Å². The fraction of sp³-hybridized carbons (Fsp3) is 0.0385. The normalized spacial score (nSPS) is 12.2. The van der Waals surface area contributed by atoms with Crippen LogP contribution in [0.2, 0.25) is 0 Å². The molecule has 0 spiro atoms. The topological polar surface area (TPSA) is 54.4 Å². The Morgan fingerprint density at radius 1 is 0.906 bits per heavy atom. The van der Waals surface area contributed by atoms with E-state index in [1.165, 1.54) is 6.07 Å². The summed E-state index contributed by atoms with van der Waals surface area (Å²) in [5.41, 5.74) is 3.90. The quantitative estimate of drug-likeness (QED) is 0.386. The van der Waals surface area contributed by atoms with E-state index in [1.54, 1.807) is 54.5 Å². The van der Waals surface area contributed by atoms with Crippen molar-refractivity contribution in [3.05, 3.63) is 119 Å². The lowest BCUT2D eigenvalue weighted by Crippen LogP contribution is -2.22. The third-order valence-electron chi connectivity index (χ3n) is 5.12. The van der Waals surface area contributed by atoms with Crippen LogP contribution >= 0.6 is 11.8 Å². The molecule has 3 aromatic carbocycles. The second kappa shape index (κ2) is 8.77. The van der Waals surface area contributed by atoms with Gasteiger partial charge in [-0.05, 0) is 48.0 Å². The van der Waals surface area contributed by atoms with Crippen LogP contribution in [0.4, 0.5) is 10.1 Å². The second-order valence-electron chi connectivity index (χ2n) is 7.26. The monoisotopic (exact) mass is 439 g/mol. The third kappa shape index (κ3) is 4.05. The van der Waals surface area contributed by atoms with Crippen molar-refractivity contribution in [1.82, 2.24) is 10.3 Å². The summed E-state index contributed by atoms with van der Waals surface area (Å²) in [5, 5.41) is 2.91. The summed E-state index contributed by atoms with van der Waals surface area (Å²) in [5.74, 6) is -0.536. The molecular weight excluding hydrogens is 421 g/mol. The van der Waals surface area contributed by atoms with Gasteiger partial charge in [0.1, 0.15) is 5.82 Å². The Labute approximate surface area is 189 Å². The molecule has 0 bridgehead atoms. The lowest BCUT2D eigenvalue weighted by molar-refractivity contribution is 0.0951. The molecular formula is C26H18FN3OS. The number of aromatic nitrogens is 1. The first kappa shape index (κ1) is 20.2. The molecule has 0 saturated carbocycles. The van der Waals surface area contributed by atoms with E-state index in [0.29, 0.717) is 29.1 Å². The highest BCUT2D eigenvalue weighted by Crippen LogP contribution is 2.41. The van der Waals surface area contributed by atoms with E-state index >= 15 is 0 Å². The van der Waals surface area contributed by atoms with E-state index in [2.05, 4.69) is 10.3 Å². The molecule has 0 saturated heterocycles. The van der Waals surface area contributed by atoms with Crippen molar-refractivity contribution in [1.29, 1.82) is 0 Å². The van der Waals surface area contributed by atoms with Gasteiger partial charge in [0.05, 0.1) is 11.4 Å². The van der Waals surface area contributed by atoms with Gasteiger partial charge in [0, 0.05) is 45.4 Å². The predicted octanol–water partition coefficient (Wildman–Crippen LogP) is 5.78. The maximum atomic E-state index is 14.7. The summed E-state index contributed by atoms with van der Waals surface area (Å²) >= 11 is 1.56.